The van der Waals surface area contributed by atoms with Crippen LogP contribution in [0.25, 0.3) is 10.8 Å². The van der Waals surface area contributed by atoms with Crippen LogP contribution < -0.4 is 10.6 Å². The topological polar surface area (TPSA) is 102 Å². The molecule has 0 bridgehead atoms. The molecule has 0 aliphatic carbocycles. The summed E-state index contributed by atoms with van der Waals surface area (Å²) < 4.78 is 11.1. The van der Waals surface area contributed by atoms with Gasteiger partial charge >= 0.3 is 0 Å². The molecule has 190 valence electrons. The van der Waals surface area contributed by atoms with E-state index in [9.17, 15) is 4.79 Å². The molecule has 2 aromatic heterocycles. The number of hydrogen-bond donors (Lipinski definition) is 2. The van der Waals surface area contributed by atoms with Crippen molar-refractivity contribution >= 4 is 28.3 Å². The Balaban J connectivity index is 1.24. The fraction of sp³-hybridized carbons (Fsp3) is 0.481. The molecule has 2 fully saturated rings. The summed E-state index contributed by atoms with van der Waals surface area (Å²) in [6.07, 6.45) is 4.26. The summed E-state index contributed by atoms with van der Waals surface area (Å²) in [7, 11) is 1.74. The van der Waals surface area contributed by atoms with Gasteiger partial charge in [-0.1, -0.05) is 24.3 Å². The summed E-state index contributed by atoms with van der Waals surface area (Å²) >= 11 is 0. The molecule has 1 amide bonds. The number of hydrogen-bond acceptors (Lipinski definition) is 8. The lowest BCUT2D eigenvalue weighted by atomic mass is 9.99. The normalized spacial score (nSPS) is 21.0. The predicted octanol–water partition coefficient (Wildman–Crippen LogP) is 3.38. The minimum absolute atomic E-state index is 0.0557. The van der Waals surface area contributed by atoms with Crippen molar-refractivity contribution in [2.75, 3.05) is 38.7 Å². The number of piperidine rings is 1. The first-order chi connectivity index (χ1) is 17.5. The van der Waals surface area contributed by atoms with Crippen molar-refractivity contribution in [1.29, 1.82) is 0 Å². The van der Waals surface area contributed by atoms with E-state index in [1.165, 1.54) is 6.33 Å². The Hall–Kier alpha value is -3.14. The van der Waals surface area contributed by atoms with Gasteiger partial charge in [-0.05, 0) is 44.6 Å². The number of methoxy groups -OCH3 is 1. The monoisotopic (exact) mass is 490 g/mol. The van der Waals surface area contributed by atoms with Gasteiger partial charge in [0, 0.05) is 55.5 Å². The molecule has 0 spiro atoms. The van der Waals surface area contributed by atoms with E-state index in [1.807, 2.05) is 36.9 Å². The van der Waals surface area contributed by atoms with Crippen molar-refractivity contribution < 1.29 is 14.3 Å². The molecule has 9 heteroatoms. The second-order valence-electron chi connectivity index (χ2n) is 9.61. The van der Waals surface area contributed by atoms with Crippen LogP contribution in [0.2, 0.25) is 0 Å². The van der Waals surface area contributed by atoms with Gasteiger partial charge in [0.15, 0.2) is 0 Å². The van der Waals surface area contributed by atoms with Crippen LogP contribution in [0.5, 0.6) is 0 Å². The van der Waals surface area contributed by atoms with Crippen LogP contribution in [0, 0.1) is 13.8 Å². The maximum Gasteiger partial charge on any atom is 0.272 e. The molecule has 5 rings (SSSR count). The first-order valence-corrected chi connectivity index (χ1v) is 12.6. The summed E-state index contributed by atoms with van der Waals surface area (Å²) in [4.78, 5) is 28.7. The van der Waals surface area contributed by atoms with Crippen molar-refractivity contribution in [2.45, 2.75) is 51.3 Å². The lowest BCUT2D eigenvalue weighted by Gasteiger charge is -2.38. The number of aryl methyl sites for hydroxylation is 1. The van der Waals surface area contributed by atoms with E-state index in [4.69, 9.17) is 9.47 Å². The highest BCUT2D eigenvalue weighted by atomic mass is 16.5. The van der Waals surface area contributed by atoms with E-state index in [2.05, 4.69) is 37.7 Å². The number of pyridine rings is 1. The molecule has 36 heavy (non-hydrogen) atoms. The van der Waals surface area contributed by atoms with Gasteiger partial charge in [-0.25, -0.2) is 15.0 Å². The Morgan fingerprint density at radius 2 is 1.94 bits per heavy atom. The van der Waals surface area contributed by atoms with Gasteiger partial charge in [0.25, 0.3) is 5.91 Å². The van der Waals surface area contributed by atoms with Gasteiger partial charge in [0.05, 0.1) is 12.7 Å². The summed E-state index contributed by atoms with van der Waals surface area (Å²) in [6, 6.07) is 10.8. The third-order valence-corrected chi connectivity index (χ3v) is 7.30. The molecule has 3 aromatic rings. The van der Waals surface area contributed by atoms with Gasteiger partial charge in [-0.3, -0.25) is 4.79 Å². The van der Waals surface area contributed by atoms with Crippen LogP contribution in [0.4, 0.5) is 11.6 Å². The Morgan fingerprint density at radius 1 is 1.14 bits per heavy atom. The third kappa shape index (κ3) is 5.18. The average Bonchev–Trinajstić information content (AvgIpc) is 2.90. The number of nitrogens with one attached hydrogen (secondary N) is 2. The summed E-state index contributed by atoms with van der Waals surface area (Å²) in [5.41, 5.74) is 2.09. The molecule has 4 heterocycles. The Labute approximate surface area is 211 Å². The molecule has 2 unspecified atom stereocenters. The maximum absolute atomic E-state index is 13.4. The molecule has 9 nitrogen and oxygen atoms in total. The van der Waals surface area contributed by atoms with Crippen LogP contribution in [0.3, 0.4) is 0 Å². The minimum Gasteiger partial charge on any atom is -0.379 e. The van der Waals surface area contributed by atoms with Crippen molar-refractivity contribution in [2.24, 2.45) is 0 Å². The van der Waals surface area contributed by atoms with Crippen LogP contribution in [-0.4, -0.2) is 77.4 Å². The summed E-state index contributed by atoms with van der Waals surface area (Å²) in [6.45, 7) is 6.64. The second kappa shape index (κ2) is 10.9. The standard InChI is InChI=1S/C27H34N6O3/c1-17-25(27(34)33-11-8-20(9-12-33)31-22-10-13-36-15-23(22)35-3)28-16-29-26(17)32-24-14-19-6-4-5-7-21(19)18(2)30-24/h4-7,14,16,20,22-23,31H,8-13,15H2,1-3H3,(H,28,29,30,32). The Bertz CT molecular complexity index is 1230. The maximum atomic E-state index is 13.4. The van der Waals surface area contributed by atoms with Crippen molar-refractivity contribution in [3.8, 4) is 0 Å². The van der Waals surface area contributed by atoms with Gasteiger partial charge < -0.3 is 25.0 Å². The number of carbonyl (C=O) groups is 1. The number of fused-ring (bicyclic) bond motifs is 1. The first-order valence-electron chi connectivity index (χ1n) is 12.6. The van der Waals surface area contributed by atoms with Crippen LogP contribution in [0.15, 0.2) is 36.7 Å². The quantitative estimate of drug-likeness (QED) is 0.542. The molecule has 2 aliphatic heterocycles. The molecule has 0 saturated carbocycles. The predicted molar refractivity (Wildman–Crippen MR) is 139 cm³/mol. The zero-order valence-corrected chi connectivity index (χ0v) is 21.2. The molecule has 2 atom stereocenters. The first kappa shape index (κ1) is 24.5. The summed E-state index contributed by atoms with van der Waals surface area (Å²) in [5.74, 6) is 1.23. The largest absolute Gasteiger partial charge is 0.379 e. The number of aromatic nitrogens is 3. The highest BCUT2D eigenvalue weighted by molar-refractivity contribution is 5.95. The third-order valence-electron chi connectivity index (χ3n) is 7.30. The molecule has 1 aromatic carbocycles. The summed E-state index contributed by atoms with van der Waals surface area (Å²) in [5, 5.41) is 9.26. The van der Waals surface area contributed by atoms with Gasteiger partial charge in [0.1, 0.15) is 23.7 Å². The molecule has 2 aliphatic rings. The lowest BCUT2D eigenvalue weighted by Crippen LogP contribution is -2.54. The zero-order valence-electron chi connectivity index (χ0n) is 21.2. The number of likely N-dealkylation sites (tertiary alicyclic amines) is 1. The van der Waals surface area contributed by atoms with E-state index >= 15 is 0 Å². The Kier molecular flexibility index (Phi) is 7.41. The van der Waals surface area contributed by atoms with E-state index in [1.54, 1.807) is 7.11 Å². The van der Waals surface area contributed by atoms with Crippen LogP contribution in [0.1, 0.15) is 41.0 Å². The van der Waals surface area contributed by atoms with Gasteiger partial charge in [-0.15, -0.1) is 0 Å². The SMILES string of the molecule is COC1COCCC1NC1CCN(C(=O)c2ncnc(Nc3cc4ccccc4c(C)n3)c2C)CC1. The second-order valence-corrected chi connectivity index (χ2v) is 9.61. The lowest BCUT2D eigenvalue weighted by molar-refractivity contribution is -0.0533. The van der Waals surface area contributed by atoms with Crippen LogP contribution >= 0.6 is 0 Å². The van der Waals surface area contributed by atoms with Crippen molar-refractivity contribution in [3.05, 3.63) is 53.6 Å². The Morgan fingerprint density at radius 3 is 2.75 bits per heavy atom. The van der Waals surface area contributed by atoms with E-state index < -0.39 is 0 Å². The molecule has 2 N–H and O–H groups in total. The number of carbonyl (C=O) groups excluding carboxylic acids is 1. The number of amides is 1. The van der Waals surface area contributed by atoms with E-state index in [-0.39, 0.29) is 12.0 Å². The molecule has 2 saturated heterocycles. The minimum atomic E-state index is -0.0557. The molecular formula is C27H34N6O3. The number of nitrogens with zero attached hydrogens (tertiary/aromatic N) is 4. The number of benzene rings is 1. The fourth-order valence-electron chi connectivity index (χ4n) is 5.19. The highest BCUT2D eigenvalue weighted by Gasteiger charge is 2.31. The van der Waals surface area contributed by atoms with Crippen molar-refractivity contribution in [1.82, 2.24) is 25.2 Å². The van der Waals surface area contributed by atoms with E-state index in [0.29, 0.717) is 49.1 Å². The highest BCUT2D eigenvalue weighted by Crippen LogP contribution is 2.25. The zero-order chi connectivity index (χ0) is 25.1. The number of rotatable bonds is 6. The number of anilines is 2. The smallest absolute Gasteiger partial charge is 0.272 e. The van der Waals surface area contributed by atoms with Crippen LogP contribution in [-0.2, 0) is 9.47 Å². The average molecular weight is 491 g/mol. The number of ether oxygens (including phenoxy) is 2. The van der Waals surface area contributed by atoms with Gasteiger partial charge in [0.2, 0.25) is 0 Å². The van der Waals surface area contributed by atoms with Crippen molar-refractivity contribution in [3.63, 3.8) is 0 Å². The van der Waals surface area contributed by atoms with E-state index in [0.717, 1.165) is 47.9 Å². The fourth-order valence-corrected chi connectivity index (χ4v) is 5.19. The molecular weight excluding hydrogens is 456 g/mol. The van der Waals surface area contributed by atoms with Gasteiger partial charge in [-0.2, -0.15) is 0 Å². The molecule has 0 radical (unpaired) electrons.